The van der Waals surface area contributed by atoms with Crippen molar-refractivity contribution in [1.29, 1.82) is 0 Å². The van der Waals surface area contributed by atoms with E-state index in [4.69, 9.17) is 0 Å². The fraction of sp³-hybridized carbons (Fsp3) is 0.320. The molecule has 1 aliphatic heterocycles. The fourth-order valence-corrected chi connectivity index (χ4v) is 4.10. The van der Waals surface area contributed by atoms with Crippen molar-refractivity contribution in [2.45, 2.75) is 27.2 Å². The summed E-state index contributed by atoms with van der Waals surface area (Å²) in [5.41, 5.74) is 4.41. The Bertz CT molecular complexity index is 1150. The van der Waals surface area contributed by atoms with E-state index in [2.05, 4.69) is 5.10 Å². The molecule has 1 aliphatic rings. The van der Waals surface area contributed by atoms with E-state index < -0.39 is 5.82 Å². The molecular weight excluding hydrogens is 407 g/mol. The molecule has 166 valence electrons. The lowest BCUT2D eigenvalue weighted by atomic mass is 10.1. The monoisotopic (exact) mass is 434 g/mol. The number of rotatable bonds is 5. The van der Waals surface area contributed by atoms with Crippen LogP contribution in [0.4, 0.5) is 10.1 Å². The number of anilines is 1. The quantitative estimate of drug-likeness (QED) is 0.569. The second-order valence-corrected chi connectivity index (χ2v) is 8.11. The Morgan fingerprint density at radius 3 is 2.31 bits per heavy atom. The van der Waals surface area contributed by atoms with Crippen molar-refractivity contribution in [3.05, 3.63) is 76.9 Å². The van der Waals surface area contributed by atoms with Crippen LogP contribution in [0, 0.1) is 12.7 Å². The predicted octanol–water partition coefficient (Wildman–Crippen LogP) is 4.05. The molecule has 6 nitrogen and oxygen atoms in total. The van der Waals surface area contributed by atoms with Gasteiger partial charge in [0.2, 0.25) is 0 Å². The number of Topliss-reactive ketones (excluding diaryl/α,β-unsaturated/α-hetero) is 1. The molecule has 0 saturated carbocycles. The summed E-state index contributed by atoms with van der Waals surface area (Å²) in [6, 6.07) is 12.6. The molecule has 0 spiro atoms. The zero-order valence-electron chi connectivity index (χ0n) is 18.6. The third-order valence-corrected chi connectivity index (χ3v) is 5.97. The average Bonchev–Trinajstić information content (AvgIpc) is 3.23. The summed E-state index contributed by atoms with van der Waals surface area (Å²) in [6.07, 6.45) is 2.33. The number of nitrogens with zero attached hydrogens (tertiary/aromatic N) is 4. The second kappa shape index (κ2) is 8.94. The maximum atomic E-state index is 14.5. The average molecular weight is 435 g/mol. The van der Waals surface area contributed by atoms with E-state index in [0.717, 1.165) is 11.4 Å². The third-order valence-electron chi connectivity index (χ3n) is 5.97. The van der Waals surface area contributed by atoms with Gasteiger partial charge in [-0.05, 0) is 50.6 Å². The molecule has 2 heterocycles. The summed E-state index contributed by atoms with van der Waals surface area (Å²) < 4.78 is 16.3. The highest BCUT2D eigenvalue weighted by molar-refractivity contribution is 5.96. The van der Waals surface area contributed by atoms with Crippen LogP contribution in [-0.2, 0) is 6.42 Å². The normalized spacial score (nSPS) is 14.0. The van der Waals surface area contributed by atoms with Crippen molar-refractivity contribution in [3.8, 4) is 5.69 Å². The molecule has 4 rings (SSSR count). The van der Waals surface area contributed by atoms with Gasteiger partial charge < -0.3 is 9.80 Å². The number of benzene rings is 2. The third kappa shape index (κ3) is 4.15. The number of hydrogen-bond donors (Lipinski definition) is 0. The maximum absolute atomic E-state index is 14.5. The summed E-state index contributed by atoms with van der Waals surface area (Å²) >= 11 is 0. The van der Waals surface area contributed by atoms with E-state index in [1.54, 1.807) is 23.2 Å². The van der Waals surface area contributed by atoms with Gasteiger partial charge in [0.05, 0.1) is 28.8 Å². The molecule has 2 aromatic carbocycles. The highest BCUT2D eigenvalue weighted by Crippen LogP contribution is 2.24. The minimum atomic E-state index is -0.412. The van der Waals surface area contributed by atoms with Gasteiger partial charge in [-0.3, -0.25) is 9.59 Å². The van der Waals surface area contributed by atoms with Crippen LogP contribution < -0.4 is 4.90 Å². The topological polar surface area (TPSA) is 58.4 Å². The Morgan fingerprint density at radius 2 is 1.72 bits per heavy atom. The van der Waals surface area contributed by atoms with E-state index >= 15 is 0 Å². The first-order valence-corrected chi connectivity index (χ1v) is 10.9. The van der Waals surface area contributed by atoms with Crippen LogP contribution in [-0.4, -0.2) is 52.5 Å². The highest BCUT2D eigenvalue weighted by atomic mass is 19.1. The Labute approximate surface area is 187 Å². The molecule has 0 radical (unpaired) electrons. The molecule has 0 N–H and O–H groups in total. The van der Waals surface area contributed by atoms with E-state index in [0.29, 0.717) is 49.4 Å². The van der Waals surface area contributed by atoms with Crippen LogP contribution in [0.2, 0.25) is 0 Å². The van der Waals surface area contributed by atoms with Crippen molar-refractivity contribution < 1.29 is 14.0 Å². The van der Waals surface area contributed by atoms with Crippen molar-refractivity contribution >= 4 is 17.4 Å². The smallest absolute Gasteiger partial charge is 0.257 e. The van der Waals surface area contributed by atoms with E-state index in [1.165, 1.54) is 18.6 Å². The summed E-state index contributed by atoms with van der Waals surface area (Å²) in [5, 5.41) is 4.48. The van der Waals surface area contributed by atoms with Gasteiger partial charge >= 0.3 is 0 Å². The van der Waals surface area contributed by atoms with Gasteiger partial charge in [0, 0.05) is 31.7 Å². The summed E-state index contributed by atoms with van der Waals surface area (Å²) in [7, 11) is 0. The predicted molar refractivity (Wildman–Crippen MR) is 122 cm³/mol. The fourth-order valence-electron chi connectivity index (χ4n) is 4.10. The maximum Gasteiger partial charge on any atom is 0.257 e. The number of aryl methyl sites for hydroxylation is 1. The van der Waals surface area contributed by atoms with Crippen LogP contribution in [0.3, 0.4) is 0 Å². The molecule has 7 heteroatoms. The zero-order valence-corrected chi connectivity index (χ0v) is 18.6. The minimum absolute atomic E-state index is 0.0488. The molecule has 0 aliphatic carbocycles. The SMILES string of the molecule is CCc1c(C(=O)N2CCN(c3ccc(C(C)=O)cc3F)CC2)cnn1-c1ccc(C)cc1. The number of piperazine rings is 1. The lowest BCUT2D eigenvalue weighted by molar-refractivity contribution is 0.0745. The van der Waals surface area contributed by atoms with Gasteiger partial charge in [-0.15, -0.1) is 0 Å². The van der Waals surface area contributed by atoms with E-state index in [1.807, 2.05) is 47.7 Å². The zero-order chi connectivity index (χ0) is 22.8. The van der Waals surface area contributed by atoms with Crippen LogP contribution >= 0.6 is 0 Å². The largest absolute Gasteiger partial charge is 0.366 e. The molecule has 32 heavy (non-hydrogen) atoms. The Kier molecular flexibility index (Phi) is 6.08. The van der Waals surface area contributed by atoms with Gasteiger partial charge in [0.25, 0.3) is 5.91 Å². The van der Waals surface area contributed by atoms with Gasteiger partial charge in [-0.1, -0.05) is 24.6 Å². The van der Waals surface area contributed by atoms with Gasteiger partial charge in [0.15, 0.2) is 5.78 Å². The van der Waals surface area contributed by atoms with Crippen LogP contribution in [0.25, 0.3) is 5.69 Å². The lowest BCUT2D eigenvalue weighted by Crippen LogP contribution is -2.49. The number of amides is 1. The van der Waals surface area contributed by atoms with Gasteiger partial charge in [-0.25, -0.2) is 9.07 Å². The summed E-state index contributed by atoms with van der Waals surface area (Å²) in [5.74, 6) is -0.624. The second-order valence-electron chi connectivity index (χ2n) is 8.11. The van der Waals surface area contributed by atoms with Gasteiger partial charge in [0.1, 0.15) is 5.82 Å². The standard InChI is InChI=1S/C25H27FN4O2/c1-4-23-21(16-27-30(23)20-8-5-17(2)6-9-20)25(32)29-13-11-28(12-14-29)24-10-7-19(18(3)31)15-22(24)26/h5-10,15-16H,4,11-14H2,1-3H3. The molecular formula is C25H27FN4O2. The number of aromatic nitrogens is 2. The minimum Gasteiger partial charge on any atom is -0.366 e. The Hall–Kier alpha value is -3.48. The first-order valence-electron chi connectivity index (χ1n) is 10.9. The summed E-state index contributed by atoms with van der Waals surface area (Å²) in [4.78, 5) is 28.4. The van der Waals surface area contributed by atoms with E-state index in [-0.39, 0.29) is 11.7 Å². The number of halogens is 1. The first-order chi connectivity index (χ1) is 15.4. The van der Waals surface area contributed by atoms with Crippen LogP contribution in [0.1, 0.15) is 45.8 Å². The molecule has 0 atom stereocenters. The van der Waals surface area contributed by atoms with Crippen molar-refractivity contribution in [1.82, 2.24) is 14.7 Å². The highest BCUT2D eigenvalue weighted by Gasteiger charge is 2.27. The Morgan fingerprint density at radius 1 is 1.03 bits per heavy atom. The molecule has 0 bridgehead atoms. The molecule has 0 unspecified atom stereocenters. The number of carbonyl (C=O) groups excluding carboxylic acids is 2. The van der Waals surface area contributed by atoms with Crippen LogP contribution in [0.15, 0.2) is 48.7 Å². The molecule has 1 fully saturated rings. The van der Waals surface area contributed by atoms with Crippen molar-refractivity contribution in [3.63, 3.8) is 0 Å². The van der Waals surface area contributed by atoms with Crippen molar-refractivity contribution in [2.24, 2.45) is 0 Å². The first kappa shape index (κ1) is 21.7. The van der Waals surface area contributed by atoms with Crippen molar-refractivity contribution in [2.75, 3.05) is 31.1 Å². The lowest BCUT2D eigenvalue weighted by Gasteiger charge is -2.36. The molecule has 1 amide bonds. The molecule has 1 saturated heterocycles. The van der Waals surface area contributed by atoms with Gasteiger partial charge in [-0.2, -0.15) is 5.10 Å². The van der Waals surface area contributed by atoms with E-state index in [9.17, 15) is 14.0 Å². The number of hydrogen-bond acceptors (Lipinski definition) is 4. The number of carbonyl (C=O) groups is 2. The van der Waals surface area contributed by atoms with Crippen LogP contribution in [0.5, 0.6) is 0 Å². The number of ketones is 1. The summed E-state index contributed by atoms with van der Waals surface area (Å²) in [6.45, 7) is 7.50. The Balaban J connectivity index is 1.48. The molecule has 3 aromatic rings. The molecule has 1 aromatic heterocycles.